The van der Waals surface area contributed by atoms with Crippen molar-refractivity contribution in [2.45, 2.75) is 82.3 Å². The smallest absolute Gasteiger partial charge is 0.338 e. The lowest BCUT2D eigenvalue weighted by Gasteiger charge is -2.30. The van der Waals surface area contributed by atoms with Crippen molar-refractivity contribution in [3.8, 4) is 0 Å². The molecule has 0 aromatic heterocycles. The van der Waals surface area contributed by atoms with E-state index in [-0.39, 0.29) is 22.4 Å². The van der Waals surface area contributed by atoms with Crippen LogP contribution in [0, 0.1) is 17.8 Å². The van der Waals surface area contributed by atoms with Crippen molar-refractivity contribution in [2.75, 3.05) is 11.4 Å². The van der Waals surface area contributed by atoms with Crippen molar-refractivity contribution < 1.29 is 22.7 Å². The monoisotopic (exact) mass is 487 g/mol. The molecule has 2 heterocycles. The van der Waals surface area contributed by atoms with Gasteiger partial charge in [-0.05, 0) is 81.9 Å². The van der Waals surface area contributed by atoms with Crippen molar-refractivity contribution in [1.82, 2.24) is 5.32 Å². The molecule has 2 bridgehead atoms. The number of amidine groups is 1. The predicted molar refractivity (Wildman–Crippen MR) is 128 cm³/mol. The Morgan fingerprint density at radius 2 is 1.97 bits per heavy atom. The molecule has 1 saturated heterocycles. The van der Waals surface area contributed by atoms with Gasteiger partial charge in [0.2, 0.25) is 0 Å². The Balaban J connectivity index is 1.26. The van der Waals surface area contributed by atoms with Crippen LogP contribution in [0.1, 0.15) is 75.6 Å². The van der Waals surface area contributed by atoms with Gasteiger partial charge in [-0.25, -0.2) is 4.79 Å². The second kappa shape index (κ2) is 8.98. The Bertz CT molecular complexity index is 1130. The van der Waals surface area contributed by atoms with Crippen molar-refractivity contribution in [1.29, 1.82) is 0 Å². The summed E-state index contributed by atoms with van der Waals surface area (Å²) < 4.78 is 35.1. The summed E-state index contributed by atoms with van der Waals surface area (Å²) in [6, 6.07) is 4.57. The van der Waals surface area contributed by atoms with Gasteiger partial charge in [-0.15, -0.1) is 4.40 Å². The summed E-state index contributed by atoms with van der Waals surface area (Å²) in [5.74, 6) is 1.48. The minimum Gasteiger partial charge on any atom is -0.449 e. The normalized spacial score (nSPS) is 28.7. The zero-order valence-corrected chi connectivity index (χ0v) is 20.6. The van der Waals surface area contributed by atoms with E-state index in [4.69, 9.17) is 4.74 Å². The third kappa shape index (κ3) is 4.34. The van der Waals surface area contributed by atoms with E-state index in [9.17, 15) is 18.0 Å². The molecule has 1 N–H and O–H groups in total. The summed E-state index contributed by atoms with van der Waals surface area (Å²) in [5.41, 5.74) is 0.644. The van der Waals surface area contributed by atoms with E-state index in [1.165, 1.54) is 25.3 Å². The number of hydrogen-bond acceptors (Lipinski definition) is 6. The van der Waals surface area contributed by atoms with Crippen LogP contribution in [0.2, 0.25) is 0 Å². The fourth-order valence-corrected chi connectivity index (χ4v) is 7.53. The van der Waals surface area contributed by atoms with Crippen molar-refractivity contribution >= 4 is 33.4 Å². The predicted octanol–water partition coefficient (Wildman–Crippen LogP) is 3.65. The Morgan fingerprint density at radius 1 is 1.15 bits per heavy atom. The topological polar surface area (TPSA) is 105 Å². The SMILES string of the molecule is C[C@H](OC(=O)c1ccc2c(c1)S(=O)(=O)N=C1CCCCCN12)C(=O)N[C@@H](C)[C@@H]1C[C@H]2CC[C@H]1C2. The molecule has 4 aliphatic rings. The number of amides is 1. The number of carbonyl (C=O) groups is 2. The number of carbonyl (C=O) groups excluding carboxylic acids is 2. The largest absolute Gasteiger partial charge is 0.449 e. The van der Waals surface area contributed by atoms with E-state index in [1.807, 2.05) is 11.8 Å². The van der Waals surface area contributed by atoms with Gasteiger partial charge in [0.05, 0.1) is 11.3 Å². The van der Waals surface area contributed by atoms with Gasteiger partial charge >= 0.3 is 5.97 Å². The zero-order valence-electron chi connectivity index (χ0n) is 19.8. The summed E-state index contributed by atoms with van der Waals surface area (Å²) in [6.45, 7) is 4.27. The first-order chi connectivity index (χ1) is 16.2. The Morgan fingerprint density at radius 3 is 2.71 bits per heavy atom. The molecule has 9 heteroatoms. The third-order valence-corrected chi connectivity index (χ3v) is 9.38. The first-order valence-electron chi connectivity index (χ1n) is 12.5. The lowest BCUT2D eigenvalue weighted by Crippen LogP contribution is -2.45. The number of benzene rings is 1. The maximum absolute atomic E-state index is 12.8. The molecule has 1 aromatic rings. The minimum atomic E-state index is -3.90. The molecule has 2 aliphatic carbocycles. The van der Waals surface area contributed by atoms with E-state index in [1.54, 1.807) is 19.1 Å². The van der Waals surface area contributed by atoms with Crippen molar-refractivity contribution in [3.63, 3.8) is 0 Å². The number of fused-ring (bicyclic) bond motifs is 5. The number of sulfonamides is 1. The summed E-state index contributed by atoms with van der Waals surface area (Å²) >= 11 is 0. The second-order valence-electron chi connectivity index (χ2n) is 10.3. The number of rotatable bonds is 5. The molecule has 5 atom stereocenters. The van der Waals surface area contributed by atoms with Crippen LogP contribution in [-0.2, 0) is 19.6 Å². The second-order valence-corrected chi connectivity index (χ2v) is 11.9. The Labute approximate surface area is 201 Å². The van der Waals surface area contributed by atoms with Gasteiger partial charge < -0.3 is 15.0 Å². The third-order valence-electron chi connectivity index (χ3n) is 8.04. The molecule has 2 saturated carbocycles. The van der Waals surface area contributed by atoms with Gasteiger partial charge in [-0.2, -0.15) is 8.42 Å². The molecule has 3 fully saturated rings. The average molecular weight is 488 g/mol. The Kier molecular flexibility index (Phi) is 6.16. The number of ether oxygens (including phenoxy) is 1. The summed E-state index contributed by atoms with van der Waals surface area (Å²) in [7, 11) is -3.90. The number of hydrogen-bond donors (Lipinski definition) is 1. The van der Waals surface area contributed by atoms with Gasteiger partial charge in [0.1, 0.15) is 10.7 Å². The highest BCUT2D eigenvalue weighted by Crippen LogP contribution is 2.49. The van der Waals surface area contributed by atoms with Crippen LogP contribution in [0.5, 0.6) is 0 Å². The molecule has 0 unspecified atom stereocenters. The molecule has 0 spiro atoms. The number of esters is 1. The lowest BCUT2D eigenvalue weighted by molar-refractivity contribution is -0.130. The highest BCUT2D eigenvalue weighted by atomic mass is 32.2. The highest BCUT2D eigenvalue weighted by molar-refractivity contribution is 7.90. The first-order valence-corrected chi connectivity index (χ1v) is 13.9. The molecule has 184 valence electrons. The fourth-order valence-electron chi connectivity index (χ4n) is 6.24. The quantitative estimate of drug-likeness (QED) is 0.636. The van der Waals surface area contributed by atoms with E-state index in [0.29, 0.717) is 36.3 Å². The van der Waals surface area contributed by atoms with Gasteiger partial charge in [-0.1, -0.05) is 12.8 Å². The van der Waals surface area contributed by atoms with E-state index < -0.39 is 22.1 Å². The number of nitrogens with one attached hydrogen (secondary N) is 1. The van der Waals surface area contributed by atoms with Gasteiger partial charge in [0.15, 0.2) is 6.10 Å². The number of nitrogens with zero attached hydrogens (tertiary/aromatic N) is 2. The van der Waals surface area contributed by atoms with E-state index in [2.05, 4.69) is 9.71 Å². The first kappa shape index (κ1) is 23.3. The van der Waals surface area contributed by atoms with Crippen LogP contribution in [0.4, 0.5) is 5.69 Å². The van der Waals surface area contributed by atoms with Gasteiger partial charge in [-0.3, -0.25) is 4.79 Å². The molecular formula is C25H33N3O5S. The fraction of sp³-hybridized carbons (Fsp3) is 0.640. The van der Waals surface area contributed by atoms with E-state index in [0.717, 1.165) is 31.6 Å². The van der Waals surface area contributed by atoms with Crippen LogP contribution in [0.3, 0.4) is 0 Å². The minimum absolute atomic E-state index is 0.00890. The molecule has 0 radical (unpaired) electrons. The Hall–Kier alpha value is -2.42. The summed E-state index contributed by atoms with van der Waals surface area (Å²) in [5, 5.41) is 3.03. The maximum atomic E-state index is 12.8. The summed E-state index contributed by atoms with van der Waals surface area (Å²) in [4.78, 5) is 27.4. The van der Waals surface area contributed by atoms with Crippen LogP contribution >= 0.6 is 0 Å². The average Bonchev–Trinajstić information content (AvgIpc) is 3.36. The van der Waals surface area contributed by atoms with Gasteiger partial charge in [0, 0.05) is 19.0 Å². The van der Waals surface area contributed by atoms with Crippen LogP contribution < -0.4 is 10.2 Å². The zero-order chi connectivity index (χ0) is 24.0. The number of anilines is 1. The van der Waals surface area contributed by atoms with Gasteiger partial charge in [0.25, 0.3) is 15.9 Å². The maximum Gasteiger partial charge on any atom is 0.338 e. The molecule has 5 rings (SSSR count). The molecule has 2 aliphatic heterocycles. The highest BCUT2D eigenvalue weighted by Gasteiger charge is 2.42. The van der Waals surface area contributed by atoms with Crippen molar-refractivity contribution in [3.05, 3.63) is 23.8 Å². The lowest BCUT2D eigenvalue weighted by atomic mass is 9.84. The molecular weight excluding hydrogens is 454 g/mol. The molecule has 1 aromatic carbocycles. The van der Waals surface area contributed by atoms with Crippen molar-refractivity contribution in [2.24, 2.45) is 22.2 Å². The molecule has 1 amide bonds. The molecule has 8 nitrogen and oxygen atoms in total. The van der Waals surface area contributed by atoms with Crippen LogP contribution in [0.15, 0.2) is 27.5 Å². The summed E-state index contributed by atoms with van der Waals surface area (Å²) in [6.07, 6.45) is 7.49. The standard InChI is InChI=1S/C25H33N3O5S/c1-15(20-13-17-7-8-18(20)12-17)26-24(29)16(2)33-25(30)19-9-10-21-22(14-19)34(31,32)27-23-6-4-3-5-11-28(21)23/h9-10,14-18,20H,3-8,11-13H2,1-2H3,(H,26,29)/t15-,16-,17-,18-,20-/m0/s1. The van der Waals surface area contributed by atoms with Crippen LogP contribution in [0.25, 0.3) is 0 Å². The van der Waals surface area contributed by atoms with Crippen LogP contribution in [-0.4, -0.2) is 44.8 Å². The van der Waals surface area contributed by atoms with E-state index >= 15 is 0 Å². The molecule has 34 heavy (non-hydrogen) atoms.